The lowest BCUT2D eigenvalue weighted by atomic mass is 10.0. The number of hydrogen-bond acceptors (Lipinski definition) is 4. The molecule has 0 radical (unpaired) electrons. The van der Waals surface area contributed by atoms with E-state index in [0.29, 0.717) is 6.04 Å². The molecule has 0 spiro atoms. The molecule has 4 rings (SSSR count). The average molecular weight is 295 g/mol. The topological polar surface area (TPSA) is 42.2 Å². The molecule has 2 aromatic heterocycles. The molecule has 0 unspecified atom stereocenters. The van der Waals surface area contributed by atoms with Crippen molar-refractivity contribution in [1.82, 2.24) is 9.97 Å². The van der Waals surface area contributed by atoms with Crippen molar-refractivity contribution in [3.8, 4) is 0 Å². The van der Waals surface area contributed by atoms with E-state index >= 15 is 0 Å². The second-order valence-electron chi connectivity index (χ2n) is 6.13. The van der Waals surface area contributed by atoms with Crippen molar-refractivity contribution >= 4 is 27.9 Å². The minimum absolute atomic E-state index is 0.504. The van der Waals surface area contributed by atoms with Crippen LogP contribution in [0.4, 0.5) is 5.82 Å². The van der Waals surface area contributed by atoms with Gasteiger partial charge in [0.05, 0.1) is 0 Å². The smallest absolute Gasteiger partial charge is 0.196 e. The molecular formula is C18H21N3O. The first-order chi connectivity index (χ1) is 10.8. The molecule has 3 aromatic rings. The Hall–Kier alpha value is -2.10. The average Bonchev–Trinajstić information content (AvgIpc) is 2.93. The van der Waals surface area contributed by atoms with Gasteiger partial charge in [-0.15, -0.1) is 0 Å². The summed E-state index contributed by atoms with van der Waals surface area (Å²) in [5, 5.41) is 1.08. The van der Waals surface area contributed by atoms with Gasteiger partial charge in [0.2, 0.25) is 0 Å². The highest BCUT2D eigenvalue weighted by atomic mass is 16.3. The minimum atomic E-state index is 0.504. The molecule has 1 fully saturated rings. The quantitative estimate of drug-likeness (QED) is 0.706. The Morgan fingerprint density at radius 2 is 2.09 bits per heavy atom. The number of aromatic nitrogens is 2. The molecule has 0 amide bonds. The third-order valence-corrected chi connectivity index (χ3v) is 4.64. The summed E-state index contributed by atoms with van der Waals surface area (Å²) in [7, 11) is 0. The van der Waals surface area contributed by atoms with Gasteiger partial charge >= 0.3 is 0 Å². The summed E-state index contributed by atoms with van der Waals surface area (Å²) in [4.78, 5) is 11.9. The zero-order valence-electron chi connectivity index (χ0n) is 13.2. The molecule has 0 aliphatic carbocycles. The summed E-state index contributed by atoms with van der Waals surface area (Å²) >= 11 is 0. The Labute approximate surface area is 130 Å². The number of para-hydroxylation sites is 1. The van der Waals surface area contributed by atoms with Gasteiger partial charge in [0.15, 0.2) is 11.4 Å². The van der Waals surface area contributed by atoms with Crippen molar-refractivity contribution in [3.63, 3.8) is 0 Å². The van der Waals surface area contributed by atoms with E-state index in [2.05, 4.69) is 24.8 Å². The lowest BCUT2D eigenvalue weighted by molar-refractivity contribution is 0.479. The first kappa shape index (κ1) is 13.6. The minimum Gasteiger partial charge on any atom is -0.450 e. The maximum Gasteiger partial charge on any atom is 0.196 e. The van der Waals surface area contributed by atoms with Crippen molar-refractivity contribution < 1.29 is 4.42 Å². The Bertz CT molecular complexity index is 824. The summed E-state index contributed by atoms with van der Waals surface area (Å²) in [6.45, 7) is 5.43. The predicted molar refractivity (Wildman–Crippen MR) is 89.3 cm³/mol. The molecule has 1 aromatic carbocycles. The first-order valence-corrected chi connectivity index (χ1v) is 8.22. The van der Waals surface area contributed by atoms with Crippen molar-refractivity contribution in [2.24, 2.45) is 0 Å². The molecule has 1 saturated heterocycles. The van der Waals surface area contributed by atoms with Crippen molar-refractivity contribution in [3.05, 3.63) is 30.1 Å². The SMILES string of the molecule is CCc1nc(N2CCCC[C@H]2C)c2oc3ccccc3c2n1. The maximum absolute atomic E-state index is 6.12. The number of benzene rings is 1. The maximum atomic E-state index is 6.12. The molecule has 3 heterocycles. The number of aryl methyl sites for hydroxylation is 1. The van der Waals surface area contributed by atoms with Gasteiger partial charge in [-0.3, -0.25) is 0 Å². The van der Waals surface area contributed by atoms with E-state index in [-0.39, 0.29) is 0 Å². The fraction of sp³-hybridized carbons (Fsp3) is 0.444. The molecule has 1 atom stereocenters. The Balaban J connectivity index is 1.99. The third kappa shape index (κ3) is 2.05. The van der Waals surface area contributed by atoms with Crippen LogP contribution in [0.3, 0.4) is 0 Å². The highest BCUT2D eigenvalue weighted by Gasteiger charge is 2.25. The van der Waals surface area contributed by atoms with Crippen molar-refractivity contribution in [2.75, 3.05) is 11.4 Å². The van der Waals surface area contributed by atoms with Gasteiger partial charge in [0.25, 0.3) is 0 Å². The van der Waals surface area contributed by atoms with E-state index in [0.717, 1.165) is 46.7 Å². The van der Waals surface area contributed by atoms with Crippen LogP contribution in [0, 0.1) is 0 Å². The van der Waals surface area contributed by atoms with E-state index in [4.69, 9.17) is 14.4 Å². The Kier molecular flexibility index (Phi) is 3.25. The molecule has 4 nitrogen and oxygen atoms in total. The van der Waals surface area contributed by atoms with Gasteiger partial charge in [-0.1, -0.05) is 19.1 Å². The molecule has 0 saturated carbocycles. The molecule has 0 bridgehead atoms. The van der Waals surface area contributed by atoms with E-state index < -0.39 is 0 Å². The number of hydrogen-bond donors (Lipinski definition) is 0. The van der Waals surface area contributed by atoms with Gasteiger partial charge in [-0.25, -0.2) is 9.97 Å². The van der Waals surface area contributed by atoms with Crippen LogP contribution < -0.4 is 4.90 Å². The summed E-state index contributed by atoms with van der Waals surface area (Å²) < 4.78 is 6.12. The van der Waals surface area contributed by atoms with Crippen LogP contribution >= 0.6 is 0 Å². The molecular weight excluding hydrogens is 274 g/mol. The summed E-state index contributed by atoms with van der Waals surface area (Å²) in [5.41, 5.74) is 2.69. The number of furan rings is 1. The number of fused-ring (bicyclic) bond motifs is 3. The fourth-order valence-electron chi connectivity index (χ4n) is 3.39. The zero-order valence-corrected chi connectivity index (χ0v) is 13.2. The number of piperidine rings is 1. The number of rotatable bonds is 2. The zero-order chi connectivity index (χ0) is 15.1. The van der Waals surface area contributed by atoms with Gasteiger partial charge in [-0.05, 0) is 38.3 Å². The lowest BCUT2D eigenvalue weighted by Gasteiger charge is -2.34. The van der Waals surface area contributed by atoms with Crippen LogP contribution in [0.15, 0.2) is 28.7 Å². The highest BCUT2D eigenvalue weighted by Crippen LogP contribution is 2.35. The predicted octanol–water partition coefficient (Wildman–Crippen LogP) is 4.32. The molecule has 1 aliphatic heterocycles. The second-order valence-corrected chi connectivity index (χ2v) is 6.13. The van der Waals surface area contributed by atoms with Gasteiger partial charge < -0.3 is 9.32 Å². The summed E-state index contributed by atoms with van der Waals surface area (Å²) in [5.74, 6) is 1.87. The summed E-state index contributed by atoms with van der Waals surface area (Å²) in [6.07, 6.45) is 4.57. The van der Waals surface area contributed by atoms with E-state index in [9.17, 15) is 0 Å². The first-order valence-electron chi connectivity index (χ1n) is 8.22. The van der Waals surface area contributed by atoms with Crippen LogP contribution in [-0.4, -0.2) is 22.6 Å². The normalized spacial score (nSPS) is 19.2. The van der Waals surface area contributed by atoms with Crippen LogP contribution in [0.25, 0.3) is 22.1 Å². The van der Waals surface area contributed by atoms with Crippen molar-refractivity contribution in [2.45, 2.75) is 45.6 Å². The van der Waals surface area contributed by atoms with E-state index in [1.54, 1.807) is 0 Å². The molecule has 1 aliphatic rings. The number of anilines is 1. The summed E-state index contributed by atoms with van der Waals surface area (Å²) in [6, 6.07) is 8.63. The molecule has 4 heteroatoms. The third-order valence-electron chi connectivity index (χ3n) is 4.64. The standard InChI is InChI=1S/C18H21N3O/c1-3-15-19-16-13-9-4-5-10-14(13)22-17(16)18(20-15)21-11-7-6-8-12(21)2/h4-5,9-10,12H,3,6-8,11H2,1-2H3/t12-/m1/s1. The van der Waals surface area contributed by atoms with Gasteiger partial charge in [-0.2, -0.15) is 0 Å². The highest BCUT2D eigenvalue weighted by molar-refractivity contribution is 6.05. The monoisotopic (exact) mass is 295 g/mol. The fourth-order valence-corrected chi connectivity index (χ4v) is 3.39. The van der Waals surface area contributed by atoms with Crippen LogP contribution in [0.5, 0.6) is 0 Å². The molecule has 114 valence electrons. The second kappa shape index (κ2) is 5.27. The van der Waals surface area contributed by atoms with Crippen molar-refractivity contribution in [1.29, 1.82) is 0 Å². The van der Waals surface area contributed by atoms with Crippen LogP contribution in [0.2, 0.25) is 0 Å². The van der Waals surface area contributed by atoms with Gasteiger partial charge in [0.1, 0.15) is 16.9 Å². The van der Waals surface area contributed by atoms with Gasteiger partial charge in [0, 0.05) is 24.4 Å². The largest absolute Gasteiger partial charge is 0.450 e. The van der Waals surface area contributed by atoms with Crippen LogP contribution in [-0.2, 0) is 6.42 Å². The molecule has 22 heavy (non-hydrogen) atoms. The number of nitrogens with zero attached hydrogens (tertiary/aromatic N) is 3. The Morgan fingerprint density at radius 1 is 1.23 bits per heavy atom. The van der Waals surface area contributed by atoms with E-state index in [1.807, 2.05) is 18.2 Å². The molecule has 0 N–H and O–H groups in total. The van der Waals surface area contributed by atoms with Crippen LogP contribution in [0.1, 0.15) is 38.9 Å². The van der Waals surface area contributed by atoms with E-state index in [1.165, 1.54) is 19.3 Å². The Morgan fingerprint density at radius 3 is 2.91 bits per heavy atom. The lowest BCUT2D eigenvalue weighted by Crippen LogP contribution is -2.38.